The monoisotopic (exact) mass is 307 g/mol. The molecular formula is C21H25NO. The zero-order valence-corrected chi connectivity index (χ0v) is 13.8. The Hall–Kier alpha value is -1.80. The summed E-state index contributed by atoms with van der Waals surface area (Å²) in [5.41, 5.74) is 1.71. The van der Waals surface area contributed by atoms with E-state index in [0.717, 1.165) is 25.7 Å². The molecule has 2 aromatic carbocycles. The molecule has 0 bridgehead atoms. The fraction of sp³-hybridized carbons (Fsp3) is 0.429. The first kappa shape index (κ1) is 14.8. The molecule has 0 radical (unpaired) electrons. The number of benzene rings is 2. The maximum Gasteiger partial charge on any atom is 0.0912 e. The third-order valence-corrected chi connectivity index (χ3v) is 6.00. The minimum atomic E-state index is -0.596. The first-order valence-electron chi connectivity index (χ1n) is 8.78. The van der Waals surface area contributed by atoms with Gasteiger partial charge in [-0.15, -0.1) is 0 Å². The summed E-state index contributed by atoms with van der Waals surface area (Å²) in [6, 6.07) is 21.4. The predicted octanol–water partition coefficient (Wildman–Crippen LogP) is 4.70. The summed E-state index contributed by atoms with van der Waals surface area (Å²) in [4.78, 5) is 2.42. The van der Waals surface area contributed by atoms with Gasteiger partial charge in [0.25, 0.3) is 0 Å². The van der Waals surface area contributed by atoms with Gasteiger partial charge in [0.05, 0.1) is 17.2 Å². The minimum Gasteiger partial charge on any atom is -0.387 e. The molecular weight excluding hydrogens is 282 g/mol. The average molecular weight is 307 g/mol. The fourth-order valence-electron chi connectivity index (χ4n) is 4.63. The highest BCUT2D eigenvalue weighted by Gasteiger charge is 2.69. The SMILES string of the molecule is C[C@@]1(C2(O)CCCCC2)[C@@H](c2ccccc2)N1c1ccccc1. The van der Waals surface area contributed by atoms with E-state index in [1.54, 1.807) is 0 Å². The van der Waals surface area contributed by atoms with E-state index in [1.165, 1.54) is 17.7 Å². The van der Waals surface area contributed by atoms with Gasteiger partial charge in [-0.3, -0.25) is 0 Å². The van der Waals surface area contributed by atoms with Gasteiger partial charge in [-0.1, -0.05) is 67.8 Å². The molecule has 1 N–H and O–H groups in total. The Kier molecular flexibility index (Phi) is 3.46. The Labute approximate surface area is 138 Å². The Balaban J connectivity index is 1.76. The van der Waals surface area contributed by atoms with Crippen LogP contribution in [0.4, 0.5) is 5.69 Å². The van der Waals surface area contributed by atoms with Gasteiger partial charge < -0.3 is 10.0 Å². The van der Waals surface area contributed by atoms with E-state index in [1.807, 2.05) is 0 Å². The Bertz CT molecular complexity index is 615. The van der Waals surface area contributed by atoms with Crippen molar-refractivity contribution in [2.45, 2.75) is 56.2 Å². The summed E-state index contributed by atoms with van der Waals surface area (Å²) in [6.07, 6.45) is 5.35. The van der Waals surface area contributed by atoms with E-state index in [2.05, 4.69) is 72.5 Å². The average Bonchev–Trinajstić information content (AvgIpc) is 3.25. The zero-order valence-electron chi connectivity index (χ0n) is 13.8. The van der Waals surface area contributed by atoms with Gasteiger partial charge in [-0.25, -0.2) is 0 Å². The van der Waals surface area contributed by atoms with Gasteiger partial charge in [0.1, 0.15) is 0 Å². The standard InChI is InChI=1S/C21H25NO/c1-20(21(23)15-9-4-10-16-21)19(17-11-5-2-6-12-17)22(20)18-13-7-3-8-14-18/h2-3,5-8,11-14,19,23H,4,9-10,15-16H2,1H3/t19-,20+,22?/m1/s1. The van der Waals surface area contributed by atoms with Gasteiger partial charge in [-0.2, -0.15) is 0 Å². The van der Waals surface area contributed by atoms with E-state index >= 15 is 0 Å². The largest absolute Gasteiger partial charge is 0.387 e. The second kappa shape index (κ2) is 5.38. The molecule has 0 unspecified atom stereocenters. The van der Waals surface area contributed by atoms with Crippen LogP contribution in [0.1, 0.15) is 50.6 Å². The molecule has 1 saturated heterocycles. The van der Waals surface area contributed by atoms with Crippen molar-refractivity contribution < 1.29 is 5.11 Å². The van der Waals surface area contributed by atoms with Crippen LogP contribution in [0.5, 0.6) is 0 Å². The Morgan fingerprint density at radius 3 is 2.04 bits per heavy atom. The number of hydrogen-bond donors (Lipinski definition) is 1. The molecule has 1 aliphatic heterocycles. The smallest absolute Gasteiger partial charge is 0.0912 e. The van der Waals surface area contributed by atoms with E-state index in [4.69, 9.17) is 0 Å². The van der Waals surface area contributed by atoms with Crippen molar-refractivity contribution in [3.05, 3.63) is 66.2 Å². The molecule has 1 aliphatic carbocycles. The van der Waals surface area contributed by atoms with Crippen LogP contribution in [0.2, 0.25) is 0 Å². The van der Waals surface area contributed by atoms with Crippen LogP contribution in [0.15, 0.2) is 60.7 Å². The van der Waals surface area contributed by atoms with Crippen LogP contribution in [-0.2, 0) is 0 Å². The molecule has 120 valence electrons. The van der Waals surface area contributed by atoms with Crippen LogP contribution in [0, 0.1) is 0 Å². The molecule has 0 aromatic heterocycles. The molecule has 2 aromatic rings. The number of anilines is 1. The van der Waals surface area contributed by atoms with Crippen molar-refractivity contribution in [2.75, 3.05) is 4.90 Å². The molecule has 2 fully saturated rings. The highest BCUT2D eigenvalue weighted by atomic mass is 16.3. The second-order valence-corrected chi connectivity index (χ2v) is 7.26. The molecule has 2 aliphatic rings. The lowest BCUT2D eigenvalue weighted by Gasteiger charge is -2.38. The first-order chi connectivity index (χ1) is 11.2. The zero-order chi connectivity index (χ0) is 15.9. The number of aliphatic hydroxyl groups is 1. The number of hydrogen-bond acceptors (Lipinski definition) is 2. The molecule has 0 spiro atoms. The lowest BCUT2D eigenvalue weighted by atomic mass is 9.73. The molecule has 2 heteroatoms. The van der Waals surface area contributed by atoms with Crippen molar-refractivity contribution in [3.8, 4) is 0 Å². The summed E-state index contributed by atoms with van der Waals surface area (Å²) in [6.45, 7) is 2.25. The van der Waals surface area contributed by atoms with Gasteiger partial charge in [-0.05, 0) is 37.5 Å². The van der Waals surface area contributed by atoms with Crippen molar-refractivity contribution in [3.63, 3.8) is 0 Å². The summed E-state index contributed by atoms with van der Waals surface area (Å²) in [7, 11) is 0. The molecule has 4 rings (SSSR count). The van der Waals surface area contributed by atoms with Gasteiger partial charge >= 0.3 is 0 Å². The topological polar surface area (TPSA) is 23.2 Å². The van der Waals surface area contributed by atoms with Gasteiger partial charge in [0.2, 0.25) is 0 Å². The van der Waals surface area contributed by atoms with Crippen molar-refractivity contribution in [2.24, 2.45) is 0 Å². The lowest BCUT2D eigenvalue weighted by Crippen LogP contribution is -2.48. The van der Waals surface area contributed by atoms with Crippen molar-refractivity contribution in [1.82, 2.24) is 0 Å². The number of para-hydroxylation sites is 1. The van der Waals surface area contributed by atoms with Crippen molar-refractivity contribution in [1.29, 1.82) is 0 Å². The van der Waals surface area contributed by atoms with Crippen LogP contribution in [0.25, 0.3) is 0 Å². The highest BCUT2D eigenvalue weighted by Crippen LogP contribution is 2.63. The normalized spacial score (nSPS) is 29.3. The summed E-state index contributed by atoms with van der Waals surface area (Å²) < 4.78 is 0. The second-order valence-electron chi connectivity index (χ2n) is 7.26. The van der Waals surface area contributed by atoms with Crippen molar-refractivity contribution >= 4 is 5.69 Å². The van der Waals surface area contributed by atoms with E-state index < -0.39 is 5.60 Å². The highest BCUT2D eigenvalue weighted by molar-refractivity contribution is 5.64. The fourth-order valence-corrected chi connectivity index (χ4v) is 4.63. The van der Waals surface area contributed by atoms with E-state index in [0.29, 0.717) is 0 Å². The van der Waals surface area contributed by atoms with Crippen LogP contribution < -0.4 is 4.90 Å². The number of rotatable bonds is 3. The summed E-state index contributed by atoms with van der Waals surface area (Å²) >= 11 is 0. The van der Waals surface area contributed by atoms with E-state index in [9.17, 15) is 5.11 Å². The van der Waals surface area contributed by atoms with Gasteiger partial charge in [0.15, 0.2) is 0 Å². The third-order valence-electron chi connectivity index (χ3n) is 6.00. The van der Waals surface area contributed by atoms with Crippen LogP contribution in [0.3, 0.4) is 0 Å². The summed E-state index contributed by atoms with van der Waals surface area (Å²) in [5.74, 6) is 0. The maximum atomic E-state index is 11.5. The van der Waals surface area contributed by atoms with Crippen LogP contribution >= 0.6 is 0 Å². The van der Waals surface area contributed by atoms with Gasteiger partial charge in [0, 0.05) is 5.69 Å². The number of nitrogens with zero attached hydrogens (tertiary/aromatic N) is 1. The molecule has 2 nitrogen and oxygen atoms in total. The molecule has 23 heavy (non-hydrogen) atoms. The Morgan fingerprint density at radius 2 is 1.43 bits per heavy atom. The third kappa shape index (κ3) is 2.20. The predicted molar refractivity (Wildman–Crippen MR) is 94.5 cm³/mol. The quantitative estimate of drug-likeness (QED) is 0.831. The summed E-state index contributed by atoms with van der Waals surface area (Å²) in [5, 5.41) is 11.5. The molecule has 2 atom stereocenters. The Morgan fingerprint density at radius 1 is 0.870 bits per heavy atom. The molecule has 0 amide bonds. The molecule has 1 heterocycles. The van der Waals surface area contributed by atoms with E-state index in [-0.39, 0.29) is 11.6 Å². The minimum absolute atomic E-state index is 0.212. The lowest BCUT2D eigenvalue weighted by molar-refractivity contribution is -0.0266. The maximum absolute atomic E-state index is 11.5. The van der Waals surface area contributed by atoms with Crippen LogP contribution in [-0.4, -0.2) is 16.2 Å². The molecule has 1 saturated carbocycles. The first-order valence-corrected chi connectivity index (χ1v) is 8.78.